The maximum absolute atomic E-state index is 12.9. The molecule has 0 aliphatic heterocycles. The first kappa shape index (κ1) is 16.1. The number of aromatic nitrogens is 3. The van der Waals surface area contributed by atoms with Gasteiger partial charge in [-0.05, 0) is 18.7 Å². The zero-order chi connectivity index (χ0) is 16.9. The van der Waals surface area contributed by atoms with Crippen molar-refractivity contribution in [3.05, 3.63) is 76.6 Å². The Labute approximate surface area is 144 Å². The van der Waals surface area contributed by atoms with Crippen LogP contribution in [0.3, 0.4) is 0 Å². The van der Waals surface area contributed by atoms with Crippen LogP contribution in [0, 0.1) is 0 Å². The Morgan fingerprint density at radius 2 is 1.62 bits per heavy atom. The average Bonchev–Trinajstić information content (AvgIpc) is 2.64. The van der Waals surface area contributed by atoms with Crippen LogP contribution in [-0.4, -0.2) is 26.8 Å². The van der Waals surface area contributed by atoms with Gasteiger partial charge in [0.1, 0.15) is 0 Å². The third-order valence-electron chi connectivity index (χ3n) is 3.48. The highest BCUT2D eigenvalue weighted by atomic mass is 32.2. The molecule has 0 fully saturated rings. The van der Waals surface area contributed by atoms with E-state index in [9.17, 15) is 4.79 Å². The third-order valence-corrected chi connectivity index (χ3v) is 4.10. The van der Waals surface area contributed by atoms with E-state index in [1.165, 1.54) is 16.4 Å². The highest BCUT2D eigenvalue weighted by Crippen LogP contribution is 2.15. The molecule has 0 bridgehead atoms. The smallest absolute Gasteiger partial charge is 0.265 e. The van der Waals surface area contributed by atoms with Crippen molar-refractivity contribution >= 4 is 17.5 Å². The van der Waals surface area contributed by atoms with Crippen LogP contribution in [-0.2, 0) is 0 Å². The molecule has 1 aromatic heterocycles. The molecule has 3 aromatic rings. The largest absolute Gasteiger partial charge is 0.301 e. The van der Waals surface area contributed by atoms with Crippen molar-refractivity contribution in [2.75, 3.05) is 6.26 Å². The Kier molecular flexibility index (Phi) is 4.86. The molecule has 3 rings (SSSR count). The van der Waals surface area contributed by atoms with Gasteiger partial charge in [0.25, 0.3) is 0 Å². The third kappa shape index (κ3) is 3.28. The molecule has 0 aliphatic carbocycles. The lowest BCUT2D eigenvalue weighted by atomic mass is 10.1. The molecule has 0 saturated carbocycles. The summed E-state index contributed by atoms with van der Waals surface area (Å²) in [5.41, 5.74) is 2.42. The van der Waals surface area contributed by atoms with E-state index in [4.69, 9.17) is 0 Å². The van der Waals surface area contributed by atoms with Crippen LogP contribution in [0.2, 0.25) is 0 Å². The van der Waals surface area contributed by atoms with Gasteiger partial charge in [-0.3, -0.25) is 4.79 Å². The fourth-order valence-electron chi connectivity index (χ4n) is 2.24. The average molecular weight is 336 g/mol. The molecule has 24 heavy (non-hydrogen) atoms. The fraction of sp³-hybridized carbons (Fsp3) is 0.111. The van der Waals surface area contributed by atoms with Crippen molar-refractivity contribution in [3.63, 3.8) is 0 Å². The van der Waals surface area contributed by atoms with E-state index in [2.05, 4.69) is 15.3 Å². The summed E-state index contributed by atoms with van der Waals surface area (Å²) in [5.74, 6) is 0. The topological polar surface area (TPSA) is 60.1 Å². The van der Waals surface area contributed by atoms with Gasteiger partial charge in [0.05, 0.1) is 5.71 Å². The fourth-order valence-corrected chi connectivity index (χ4v) is 2.66. The normalized spacial score (nSPS) is 11.5. The number of benzene rings is 2. The van der Waals surface area contributed by atoms with Crippen molar-refractivity contribution in [2.24, 2.45) is 5.10 Å². The van der Waals surface area contributed by atoms with Crippen LogP contribution in [0.25, 0.3) is 11.3 Å². The van der Waals surface area contributed by atoms with Gasteiger partial charge in [0, 0.05) is 5.56 Å². The number of hydrogen-bond donors (Lipinski definition) is 0. The van der Waals surface area contributed by atoms with Crippen molar-refractivity contribution in [3.8, 4) is 11.3 Å². The van der Waals surface area contributed by atoms with Crippen LogP contribution in [0.15, 0.2) is 75.7 Å². The van der Waals surface area contributed by atoms with Crippen molar-refractivity contribution < 1.29 is 0 Å². The van der Waals surface area contributed by atoms with Crippen LogP contribution in [0.5, 0.6) is 0 Å². The van der Waals surface area contributed by atoms with E-state index in [1.807, 2.05) is 73.8 Å². The van der Waals surface area contributed by atoms with E-state index < -0.39 is 0 Å². The first-order valence-corrected chi connectivity index (χ1v) is 8.63. The molecule has 0 unspecified atom stereocenters. The molecular formula is C18H16N4OS. The number of rotatable bonds is 4. The lowest BCUT2D eigenvalue weighted by Gasteiger charge is -2.08. The second-order valence-corrected chi connectivity index (χ2v) is 5.84. The standard InChI is InChI=1S/C18H16N4OS/c1-13(14-9-5-3-6-10-14)21-22-17(23)16(19-20-18(22)24-2)15-11-7-4-8-12-15/h3-12H,1-2H3. The van der Waals surface area contributed by atoms with Gasteiger partial charge in [-0.1, -0.05) is 72.4 Å². The molecule has 0 N–H and O–H groups in total. The highest BCUT2D eigenvalue weighted by molar-refractivity contribution is 7.98. The Hall–Kier alpha value is -2.73. The van der Waals surface area contributed by atoms with Gasteiger partial charge < -0.3 is 0 Å². The first-order valence-electron chi connectivity index (χ1n) is 7.41. The summed E-state index contributed by atoms with van der Waals surface area (Å²) in [6, 6.07) is 19.0. The molecule has 1 heterocycles. The zero-order valence-corrected chi connectivity index (χ0v) is 14.2. The van der Waals surface area contributed by atoms with Crippen LogP contribution >= 0.6 is 11.8 Å². The van der Waals surface area contributed by atoms with E-state index in [-0.39, 0.29) is 11.3 Å². The van der Waals surface area contributed by atoms with E-state index in [0.29, 0.717) is 5.16 Å². The van der Waals surface area contributed by atoms with Gasteiger partial charge in [0.15, 0.2) is 5.69 Å². The predicted octanol–water partition coefficient (Wildman–Crippen LogP) is 3.30. The summed E-state index contributed by atoms with van der Waals surface area (Å²) >= 11 is 1.33. The molecule has 0 amide bonds. The quantitative estimate of drug-likeness (QED) is 0.542. The van der Waals surface area contributed by atoms with Crippen molar-refractivity contribution in [1.29, 1.82) is 0 Å². The molecule has 0 atom stereocenters. The van der Waals surface area contributed by atoms with Crippen LogP contribution in [0.1, 0.15) is 12.5 Å². The number of nitrogens with zero attached hydrogens (tertiary/aromatic N) is 4. The van der Waals surface area contributed by atoms with Crippen LogP contribution < -0.4 is 5.56 Å². The summed E-state index contributed by atoms with van der Waals surface area (Å²) in [6.07, 6.45) is 1.84. The Morgan fingerprint density at radius 1 is 1.00 bits per heavy atom. The molecule has 2 aromatic carbocycles. The number of thioether (sulfide) groups is 1. The van der Waals surface area contributed by atoms with Gasteiger partial charge in [-0.15, -0.1) is 10.2 Å². The maximum Gasteiger partial charge on any atom is 0.301 e. The monoisotopic (exact) mass is 336 g/mol. The molecule has 0 saturated heterocycles. The molecular weight excluding hydrogens is 320 g/mol. The molecule has 5 nitrogen and oxygen atoms in total. The summed E-state index contributed by atoms with van der Waals surface area (Å²) in [5, 5.41) is 13.2. The molecule has 0 radical (unpaired) electrons. The Balaban J connectivity index is 2.15. The van der Waals surface area contributed by atoms with Crippen molar-refractivity contribution in [1.82, 2.24) is 14.9 Å². The summed E-state index contributed by atoms with van der Waals surface area (Å²) < 4.78 is 1.32. The number of hydrogen-bond acceptors (Lipinski definition) is 5. The Morgan fingerprint density at radius 3 is 2.25 bits per heavy atom. The minimum absolute atomic E-state index is 0.282. The molecule has 0 aliphatic rings. The predicted molar refractivity (Wildman–Crippen MR) is 97.6 cm³/mol. The van der Waals surface area contributed by atoms with E-state index in [0.717, 1.165) is 16.8 Å². The lowest BCUT2D eigenvalue weighted by Crippen LogP contribution is -2.24. The zero-order valence-electron chi connectivity index (χ0n) is 13.4. The SMILES string of the molecule is CSc1nnc(-c2ccccc2)c(=O)n1N=C(C)c1ccccc1. The second-order valence-electron chi connectivity index (χ2n) is 5.07. The Bertz CT molecular complexity index is 921. The molecule has 0 spiro atoms. The van der Waals surface area contributed by atoms with E-state index in [1.54, 1.807) is 0 Å². The summed E-state index contributed by atoms with van der Waals surface area (Å²) in [6.45, 7) is 1.87. The highest BCUT2D eigenvalue weighted by Gasteiger charge is 2.13. The van der Waals surface area contributed by atoms with Gasteiger partial charge in [-0.25, -0.2) is 0 Å². The maximum atomic E-state index is 12.9. The van der Waals surface area contributed by atoms with Gasteiger partial charge in [-0.2, -0.15) is 9.78 Å². The molecule has 120 valence electrons. The summed E-state index contributed by atoms with van der Waals surface area (Å²) in [4.78, 5) is 12.9. The van der Waals surface area contributed by atoms with Gasteiger partial charge >= 0.3 is 5.56 Å². The minimum atomic E-state index is -0.282. The van der Waals surface area contributed by atoms with Crippen LogP contribution in [0.4, 0.5) is 0 Å². The first-order chi connectivity index (χ1) is 11.7. The van der Waals surface area contributed by atoms with Gasteiger partial charge in [0.2, 0.25) is 5.16 Å². The lowest BCUT2D eigenvalue weighted by molar-refractivity contribution is 0.650. The minimum Gasteiger partial charge on any atom is -0.265 e. The van der Waals surface area contributed by atoms with E-state index >= 15 is 0 Å². The van der Waals surface area contributed by atoms with Crippen molar-refractivity contribution in [2.45, 2.75) is 12.1 Å². The summed E-state index contributed by atoms with van der Waals surface area (Å²) in [7, 11) is 0. The molecule has 6 heteroatoms. The second kappa shape index (κ2) is 7.23.